The normalized spacial score (nSPS) is 34.0. The largest absolute Gasteiger partial charge is 0.464 e. The van der Waals surface area contributed by atoms with Gasteiger partial charge in [-0.2, -0.15) is 0 Å². The average Bonchev–Trinajstić information content (AvgIpc) is 2.64. The van der Waals surface area contributed by atoms with Crippen LogP contribution in [0.3, 0.4) is 0 Å². The van der Waals surface area contributed by atoms with Gasteiger partial charge in [-0.15, -0.1) is 0 Å². The molecule has 26 heavy (non-hydrogen) atoms. The van der Waals surface area contributed by atoms with Gasteiger partial charge in [-0.25, -0.2) is 4.79 Å². The summed E-state index contributed by atoms with van der Waals surface area (Å²) in [6.45, 7) is -0.328. The molecule has 1 aliphatic rings. The number of aliphatic hydroxyl groups excluding tert-OH is 8. The van der Waals surface area contributed by atoms with Crippen LogP contribution in [-0.2, 0) is 19.0 Å². The van der Waals surface area contributed by atoms with Gasteiger partial charge in [0.15, 0.2) is 12.4 Å². The summed E-state index contributed by atoms with van der Waals surface area (Å²) in [4.78, 5) is 11.5. The van der Waals surface area contributed by atoms with Crippen molar-refractivity contribution >= 4 is 5.97 Å². The van der Waals surface area contributed by atoms with Crippen LogP contribution in [0, 0.1) is 0 Å². The molecule has 12 nitrogen and oxygen atoms in total. The van der Waals surface area contributed by atoms with E-state index < -0.39 is 74.3 Å². The number of aliphatic hydroxyl groups is 8. The van der Waals surface area contributed by atoms with Crippen molar-refractivity contribution in [3.8, 4) is 0 Å². The molecule has 0 saturated carbocycles. The van der Waals surface area contributed by atoms with Crippen LogP contribution in [0.15, 0.2) is 0 Å². The summed E-state index contributed by atoms with van der Waals surface area (Å²) in [6.07, 6.45) is -16.3. The Morgan fingerprint density at radius 3 is 2.19 bits per heavy atom. The number of carbonyl (C=O) groups excluding carboxylic acids is 1. The summed E-state index contributed by atoms with van der Waals surface area (Å²) in [5.41, 5.74) is 0. The van der Waals surface area contributed by atoms with E-state index in [2.05, 4.69) is 4.74 Å². The average molecular weight is 386 g/mol. The second-order valence-electron chi connectivity index (χ2n) is 5.74. The van der Waals surface area contributed by atoms with E-state index in [0.29, 0.717) is 0 Å². The van der Waals surface area contributed by atoms with Crippen molar-refractivity contribution in [2.45, 2.75) is 62.0 Å². The number of rotatable bonds is 9. The Bertz CT molecular complexity index is 432. The number of hydrogen-bond donors (Lipinski definition) is 8. The van der Waals surface area contributed by atoms with E-state index in [0.717, 1.165) is 0 Å². The van der Waals surface area contributed by atoms with E-state index in [9.17, 15) is 35.4 Å². The Hall–Kier alpha value is -0.930. The molecule has 0 aromatic carbocycles. The lowest BCUT2D eigenvalue weighted by atomic mass is 9.98. The van der Waals surface area contributed by atoms with Gasteiger partial charge in [0.1, 0.15) is 42.7 Å². The van der Waals surface area contributed by atoms with E-state index >= 15 is 0 Å². The SMILES string of the molecule is CCOC(=O)C(O)C(O)C(O[C@H]1O[C@H](CO)[C@@H](O)[C@H](O)[C@H]1O)C(O)CO. The van der Waals surface area contributed by atoms with Crippen LogP contribution < -0.4 is 0 Å². The van der Waals surface area contributed by atoms with E-state index in [-0.39, 0.29) is 6.61 Å². The van der Waals surface area contributed by atoms with Crippen molar-refractivity contribution in [3.05, 3.63) is 0 Å². The second-order valence-corrected chi connectivity index (χ2v) is 5.74. The molecular weight excluding hydrogens is 360 g/mol. The summed E-state index contributed by atoms with van der Waals surface area (Å²) in [5.74, 6) is -1.22. The van der Waals surface area contributed by atoms with Gasteiger partial charge in [-0.3, -0.25) is 0 Å². The van der Waals surface area contributed by atoms with Gasteiger partial charge >= 0.3 is 5.97 Å². The highest BCUT2D eigenvalue weighted by Crippen LogP contribution is 2.25. The van der Waals surface area contributed by atoms with E-state index in [1.807, 2.05) is 0 Å². The fourth-order valence-corrected chi connectivity index (χ4v) is 2.38. The van der Waals surface area contributed by atoms with Crippen LogP contribution in [0.2, 0.25) is 0 Å². The lowest BCUT2D eigenvalue weighted by Gasteiger charge is -2.42. The smallest absolute Gasteiger partial charge is 0.337 e. The molecule has 0 aromatic rings. The first-order chi connectivity index (χ1) is 12.2. The Kier molecular flexibility index (Phi) is 9.26. The van der Waals surface area contributed by atoms with Gasteiger partial charge in [0.2, 0.25) is 0 Å². The Labute approximate surface area is 148 Å². The monoisotopic (exact) mass is 386 g/mol. The predicted molar refractivity (Wildman–Crippen MR) is 80.4 cm³/mol. The van der Waals surface area contributed by atoms with Crippen LogP contribution in [0.1, 0.15) is 6.92 Å². The third-order valence-corrected chi connectivity index (χ3v) is 3.89. The van der Waals surface area contributed by atoms with Gasteiger partial charge in [0.05, 0.1) is 19.8 Å². The van der Waals surface area contributed by atoms with E-state index in [4.69, 9.17) is 19.7 Å². The first kappa shape index (κ1) is 23.1. The van der Waals surface area contributed by atoms with Crippen molar-refractivity contribution in [1.82, 2.24) is 0 Å². The molecule has 0 spiro atoms. The molecule has 0 aliphatic carbocycles. The Balaban J connectivity index is 2.94. The van der Waals surface area contributed by atoms with Crippen molar-refractivity contribution in [1.29, 1.82) is 0 Å². The minimum atomic E-state index is -2.15. The summed E-state index contributed by atoms with van der Waals surface area (Å²) in [5, 5.41) is 77.2. The minimum Gasteiger partial charge on any atom is -0.464 e. The zero-order chi connectivity index (χ0) is 20.0. The topological polar surface area (TPSA) is 207 Å². The van der Waals surface area contributed by atoms with Gasteiger partial charge in [0.25, 0.3) is 0 Å². The van der Waals surface area contributed by atoms with Crippen LogP contribution in [0.4, 0.5) is 0 Å². The molecule has 0 aromatic heterocycles. The number of ether oxygens (including phenoxy) is 3. The van der Waals surface area contributed by atoms with Crippen molar-refractivity contribution in [2.24, 2.45) is 0 Å². The van der Waals surface area contributed by atoms with Gasteiger partial charge < -0.3 is 55.1 Å². The Morgan fingerprint density at radius 1 is 1.08 bits per heavy atom. The first-order valence-corrected chi connectivity index (χ1v) is 7.97. The molecule has 154 valence electrons. The highest BCUT2D eigenvalue weighted by atomic mass is 16.7. The van der Waals surface area contributed by atoms with Crippen LogP contribution in [-0.4, -0.2) is 122 Å². The molecule has 0 bridgehead atoms. The fourth-order valence-electron chi connectivity index (χ4n) is 2.38. The zero-order valence-electron chi connectivity index (χ0n) is 14.0. The molecule has 1 heterocycles. The van der Waals surface area contributed by atoms with Crippen molar-refractivity contribution in [2.75, 3.05) is 19.8 Å². The summed E-state index contributed by atoms with van der Waals surface area (Å²) in [6, 6.07) is 0. The van der Waals surface area contributed by atoms with Crippen LogP contribution in [0.25, 0.3) is 0 Å². The van der Waals surface area contributed by atoms with Crippen LogP contribution in [0.5, 0.6) is 0 Å². The molecule has 0 radical (unpaired) electrons. The standard InChI is InChI=1S/C14H26O12/c1-2-24-13(23)10(21)9(20)12(5(17)3-15)26-14-11(22)8(19)7(18)6(4-16)25-14/h5-12,14-22H,2-4H2,1H3/t5?,6-,7-,8+,9?,10?,11-,12?,14-/m1/s1. The molecule has 0 amide bonds. The van der Waals surface area contributed by atoms with Gasteiger partial charge in [-0.1, -0.05) is 0 Å². The number of esters is 1. The summed E-state index contributed by atoms with van der Waals surface area (Å²) < 4.78 is 14.7. The van der Waals surface area contributed by atoms with Crippen molar-refractivity contribution in [3.63, 3.8) is 0 Å². The highest BCUT2D eigenvalue weighted by Gasteiger charge is 2.47. The maximum Gasteiger partial charge on any atom is 0.337 e. The predicted octanol–water partition coefficient (Wildman–Crippen LogP) is -5.19. The Morgan fingerprint density at radius 2 is 1.69 bits per heavy atom. The lowest BCUT2D eigenvalue weighted by Crippen LogP contribution is -2.61. The molecule has 12 heteroatoms. The maximum absolute atomic E-state index is 11.5. The fraction of sp³-hybridized carbons (Fsp3) is 0.929. The summed E-state index contributed by atoms with van der Waals surface area (Å²) >= 11 is 0. The third kappa shape index (κ3) is 5.29. The van der Waals surface area contributed by atoms with Gasteiger partial charge in [-0.05, 0) is 6.92 Å². The third-order valence-electron chi connectivity index (χ3n) is 3.89. The molecule has 9 atom stereocenters. The van der Waals surface area contributed by atoms with Gasteiger partial charge in [0, 0.05) is 0 Å². The number of carbonyl (C=O) groups is 1. The minimum absolute atomic E-state index is 0.0938. The molecule has 1 fully saturated rings. The zero-order valence-corrected chi connectivity index (χ0v) is 14.0. The number of hydrogen-bond acceptors (Lipinski definition) is 12. The lowest BCUT2D eigenvalue weighted by molar-refractivity contribution is -0.326. The molecule has 1 rings (SSSR count). The molecule has 8 N–H and O–H groups in total. The molecule has 4 unspecified atom stereocenters. The van der Waals surface area contributed by atoms with E-state index in [1.54, 1.807) is 0 Å². The molecule has 1 saturated heterocycles. The second kappa shape index (κ2) is 10.4. The quantitative estimate of drug-likeness (QED) is 0.175. The molecule has 1 aliphatic heterocycles. The summed E-state index contributed by atoms with van der Waals surface area (Å²) in [7, 11) is 0. The van der Waals surface area contributed by atoms with Crippen molar-refractivity contribution < 1.29 is 59.9 Å². The van der Waals surface area contributed by atoms with E-state index in [1.165, 1.54) is 6.92 Å². The molecular formula is C14H26O12. The highest BCUT2D eigenvalue weighted by molar-refractivity contribution is 5.75. The maximum atomic E-state index is 11.5. The van der Waals surface area contributed by atoms with Crippen LogP contribution >= 0.6 is 0 Å². The first-order valence-electron chi connectivity index (χ1n) is 7.97.